The summed E-state index contributed by atoms with van der Waals surface area (Å²) < 4.78 is 0. The van der Waals surface area contributed by atoms with Gasteiger partial charge in [0.25, 0.3) is 0 Å². The number of anilines is 1. The van der Waals surface area contributed by atoms with E-state index in [9.17, 15) is 9.59 Å². The van der Waals surface area contributed by atoms with Crippen molar-refractivity contribution >= 4 is 41.4 Å². The van der Waals surface area contributed by atoms with Crippen LogP contribution in [0.3, 0.4) is 0 Å². The van der Waals surface area contributed by atoms with Gasteiger partial charge < -0.3 is 10.2 Å². The highest BCUT2D eigenvalue weighted by Crippen LogP contribution is 2.26. The second-order valence-corrected chi connectivity index (χ2v) is 7.72. The Morgan fingerprint density at radius 3 is 2.23 bits per heavy atom. The zero-order valence-corrected chi connectivity index (χ0v) is 19.1. The van der Waals surface area contributed by atoms with Crippen LogP contribution in [0, 0.1) is 0 Å². The third kappa shape index (κ3) is 6.66. The number of ketones is 1. The Kier molecular flexibility index (Phi) is 9.25. The molecule has 1 unspecified atom stereocenters. The van der Waals surface area contributed by atoms with Crippen LogP contribution in [0.25, 0.3) is 0 Å². The summed E-state index contributed by atoms with van der Waals surface area (Å²) in [5.41, 5.74) is 2.71. The average Bonchev–Trinajstić information content (AvgIpc) is 2.77. The molecule has 4 nitrogen and oxygen atoms in total. The van der Waals surface area contributed by atoms with E-state index < -0.39 is 0 Å². The average molecular weight is 457 g/mol. The van der Waals surface area contributed by atoms with Gasteiger partial charge in [0.15, 0.2) is 5.78 Å². The number of hydrogen-bond donors (Lipinski definition) is 1. The minimum atomic E-state index is -0.168. The first-order valence-corrected chi connectivity index (χ1v) is 10.3. The van der Waals surface area contributed by atoms with Crippen molar-refractivity contribution in [3.05, 3.63) is 101 Å². The molecule has 3 rings (SSSR count). The Morgan fingerprint density at radius 1 is 0.968 bits per heavy atom. The molecule has 3 aromatic carbocycles. The SMILES string of the molecule is CC(Cc1ccccc1)NCC(=O)N(C)c1ccc(Cl)cc1C(=O)c1ccccc1.Cl. The number of carbonyl (C=O) groups excluding carboxylic acids is 2. The highest BCUT2D eigenvalue weighted by molar-refractivity contribution is 6.31. The Balaban J connectivity index is 0.00000341. The molecule has 0 radical (unpaired) electrons. The summed E-state index contributed by atoms with van der Waals surface area (Å²) in [6.45, 7) is 2.22. The number of likely N-dealkylation sites (N-methyl/N-ethyl adjacent to an activating group) is 1. The van der Waals surface area contributed by atoms with Crippen LogP contribution in [0.1, 0.15) is 28.4 Å². The van der Waals surface area contributed by atoms with E-state index in [0.717, 1.165) is 6.42 Å². The van der Waals surface area contributed by atoms with Gasteiger partial charge in [0.2, 0.25) is 5.91 Å². The summed E-state index contributed by atoms with van der Waals surface area (Å²) >= 11 is 6.14. The number of amides is 1. The van der Waals surface area contributed by atoms with Crippen molar-refractivity contribution in [1.29, 1.82) is 0 Å². The van der Waals surface area contributed by atoms with Crippen LogP contribution < -0.4 is 10.2 Å². The smallest absolute Gasteiger partial charge is 0.240 e. The van der Waals surface area contributed by atoms with Crippen molar-refractivity contribution in [1.82, 2.24) is 5.32 Å². The lowest BCUT2D eigenvalue weighted by atomic mass is 10.0. The van der Waals surface area contributed by atoms with E-state index in [-0.39, 0.29) is 36.7 Å². The molecule has 0 heterocycles. The van der Waals surface area contributed by atoms with E-state index in [2.05, 4.69) is 17.4 Å². The molecule has 0 saturated carbocycles. The second-order valence-electron chi connectivity index (χ2n) is 7.28. The zero-order chi connectivity index (χ0) is 21.5. The number of nitrogens with one attached hydrogen (secondary N) is 1. The highest BCUT2D eigenvalue weighted by atomic mass is 35.5. The summed E-state index contributed by atoms with van der Waals surface area (Å²) in [4.78, 5) is 27.3. The van der Waals surface area contributed by atoms with Crippen molar-refractivity contribution in [3.8, 4) is 0 Å². The van der Waals surface area contributed by atoms with Gasteiger partial charge in [-0.1, -0.05) is 72.3 Å². The van der Waals surface area contributed by atoms with E-state index in [1.165, 1.54) is 10.5 Å². The number of halogens is 2. The first kappa shape index (κ1) is 24.6. The van der Waals surface area contributed by atoms with E-state index >= 15 is 0 Å². The Morgan fingerprint density at radius 2 is 1.58 bits per heavy atom. The molecule has 3 aromatic rings. The van der Waals surface area contributed by atoms with Gasteiger partial charge in [0, 0.05) is 29.2 Å². The Bertz CT molecular complexity index is 1010. The lowest BCUT2D eigenvalue weighted by Gasteiger charge is -2.22. The Labute approximate surface area is 194 Å². The minimum absolute atomic E-state index is 0. The molecule has 0 aromatic heterocycles. The minimum Gasteiger partial charge on any atom is -0.314 e. The first-order chi connectivity index (χ1) is 14.5. The van der Waals surface area contributed by atoms with Gasteiger partial charge in [-0.25, -0.2) is 0 Å². The molecule has 6 heteroatoms. The second kappa shape index (κ2) is 11.7. The fourth-order valence-corrected chi connectivity index (χ4v) is 3.45. The summed E-state index contributed by atoms with van der Waals surface area (Å²) in [5, 5.41) is 3.72. The van der Waals surface area contributed by atoms with Crippen LogP contribution in [0.4, 0.5) is 5.69 Å². The predicted octanol–water partition coefficient (Wildman–Crippen LogP) is 5.18. The predicted molar refractivity (Wildman–Crippen MR) is 130 cm³/mol. The van der Waals surface area contributed by atoms with Gasteiger partial charge in [0.1, 0.15) is 0 Å². The van der Waals surface area contributed by atoms with Gasteiger partial charge in [-0.3, -0.25) is 9.59 Å². The summed E-state index contributed by atoms with van der Waals surface area (Å²) in [6.07, 6.45) is 0.830. The molecule has 0 aliphatic heterocycles. The third-order valence-electron chi connectivity index (χ3n) is 4.96. The molecule has 0 aliphatic carbocycles. The number of rotatable bonds is 8. The monoisotopic (exact) mass is 456 g/mol. The zero-order valence-electron chi connectivity index (χ0n) is 17.5. The molecule has 1 N–H and O–H groups in total. The normalized spacial score (nSPS) is 11.3. The summed E-state index contributed by atoms with van der Waals surface area (Å²) in [6, 6.07) is 24.3. The van der Waals surface area contributed by atoms with Gasteiger partial charge in [-0.15, -0.1) is 12.4 Å². The van der Waals surface area contributed by atoms with Crippen LogP contribution in [-0.4, -0.2) is 31.3 Å². The molecular formula is C25H26Cl2N2O2. The van der Waals surface area contributed by atoms with Crippen LogP contribution in [0.5, 0.6) is 0 Å². The van der Waals surface area contributed by atoms with Crippen molar-refractivity contribution in [3.63, 3.8) is 0 Å². The topological polar surface area (TPSA) is 49.4 Å². The molecular weight excluding hydrogens is 431 g/mol. The lowest BCUT2D eigenvalue weighted by Crippen LogP contribution is -2.40. The standard InChI is InChI=1S/C25H25ClN2O2.ClH/c1-18(15-19-9-5-3-6-10-19)27-17-24(29)28(2)23-14-13-21(26)16-22(23)25(30)20-11-7-4-8-12-20;/h3-14,16,18,27H,15,17H2,1-2H3;1H. The van der Waals surface area contributed by atoms with E-state index in [1.807, 2.05) is 43.3 Å². The first-order valence-electron chi connectivity index (χ1n) is 9.89. The Hall–Kier alpha value is -2.66. The summed E-state index contributed by atoms with van der Waals surface area (Å²) in [7, 11) is 1.68. The molecule has 162 valence electrons. The fourth-order valence-electron chi connectivity index (χ4n) is 3.28. The number of hydrogen-bond acceptors (Lipinski definition) is 3. The van der Waals surface area contributed by atoms with Crippen molar-refractivity contribution in [2.75, 3.05) is 18.5 Å². The van der Waals surface area contributed by atoms with Crippen molar-refractivity contribution in [2.45, 2.75) is 19.4 Å². The largest absolute Gasteiger partial charge is 0.314 e. The fraction of sp³-hybridized carbons (Fsp3) is 0.200. The molecule has 0 spiro atoms. The molecule has 1 atom stereocenters. The van der Waals surface area contributed by atoms with Gasteiger partial charge in [-0.05, 0) is 37.1 Å². The van der Waals surface area contributed by atoms with Crippen molar-refractivity contribution in [2.24, 2.45) is 0 Å². The van der Waals surface area contributed by atoms with Crippen LogP contribution in [0.15, 0.2) is 78.9 Å². The number of carbonyl (C=O) groups is 2. The highest BCUT2D eigenvalue weighted by Gasteiger charge is 2.20. The molecule has 31 heavy (non-hydrogen) atoms. The molecule has 0 fully saturated rings. The lowest BCUT2D eigenvalue weighted by molar-refractivity contribution is -0.117. The van der Waals surface area contributed by atoms with E-state index in [0.29, 0.717) is 21.8 Å². The molecule has 0 saturated heterocycles. The van der Waals surface area contributed by atoms with Crippen molar-refractivity contribution < 1.29 is 9.59 Å². The van der Waals surface area contributed by atoms with Crippen LogP contribution in [0.2, 0.25) is 5.02 Å². The molecule has 0 bridgehead atoms. The van der Waals surface area contributed by atoms with Gasteiger partial charge in [-0.2, -0.15) is 0 Å². The maximum atomic E-state index is 13.0. The maximum Gasteiger partial charge on any atom is 0.240 e. The number of nitrogens with zero attached hydrogens (tertiary/aromatic N) is 1. The maximum absolute atomic E-state index is 13.0. The third-order valence-corrected chi connectivity index (χ3v) is 5.20. The number of benzene rings is 3. The molecule has 0 aliphatic rings. The quantitative estimate of drug-likeness (QED) is 0.475. The van der Waals surface area contributed by atoms with Crippen LogP contribution in [-0.2, 0) is 11.2 Å². The van der Waals surface area contributed by atoms with E-state index in [4.69, 9.17) is 11.6 Å². The van der Waals surface area contributed by atoms with Gasteiger partial charge in [0.05, 0.1) is 12.2 Å². The van der Waals surface area contributed by atoms with E-state index in [1.54, 1.807) is 37.4 Å². The van der Waals surface area contributed by atoms with Gasteiger partial charge >= 0.3 is 0 Å². The summed E-state index contributed by atoms with van der Waals surface area (Å²) in [5.74, 6) is -0.294. The van der Waals surface area contributed by atoms with Crippen LogP contribution >= 0.6 is 24.0 Å². The molecule has 1 amide bonds.